The largest absolute Gasteiger partial charge is 0.416 e. The van der Waals surface area contributed by atoms with E-state index >= 15 is 0 Å². The van der Waals surface area contributed by atoms with Crippen molar-refractivity contribution in [2.24, 2.45) is 0 Å². The normalized spacial score (nSPS) is 15.4. The number of nitrogens with zero attached hydrogens (tertiary/aromatic N) is 4. The molecule has 1 aliphatic heterocycles. The third-order valence-corrected chi connectivity index (χ3v) is 5.31. The lowest BCUT2D eigenvalue weighted by atomic mass is 9.97. The van der Waals surface area contributed by atoms with E-state index in [-0.39, 0.29) is 25.1 Å². The number of anilines is 1. The SMILES string of the molecule is O=C(Nc1cc(C(F)(F)F)cc(C(F)(F)F)c1)N1CCC(c2nc(-c3ccccn3)no2)CC1. The molecule has 0 atom stereocenters. The van der Waals surface area contributed by atoms with Crippen LogP contribution in [-0.4, -0.2) is 39.1 Å². The van der Waals surface area contributed by atoms with Crippen LogP contribution in [-0.2, 0) is 12.4 Å². The van der Waals surface area contributed by atoms with Gasteiger partial charge < -0.3 is 14.7 Å². The van der Waals surface area contributed by atoms with Gasteiger partial charge in [0, 0.05) is 30.9 Å². The molecule has 1 fully saturated rings. The third kappa shape index (κ3) is 5.29. The molecule has 3 aromatic rings. The summed E-state index contributed by atoms with van der Waals surface area (Å²) in [5.74, 6) is 0.536. The smallest absolute Gasteiger partial charge is 0.339 e. The Hall–Kier alpha value is -3.64. The van der Waals surface area contributed by atoms with E-state index in [0.717, 1.165) is 0 Å². The zero-order valence-electron chi connectivity index (χ0n) is 17.3. The first-order valence-electron chi connectivity index (χ1n) is 10.1. The molecule has 2 amide bonds. The lowest BCUT2D eigenvalue weighted by molar-refractivity contribution is -0.143. The molecule has 13 heteroatoms. The van der Waals surface area contributed by atoms with E-state index in [1.54, 1.807) is 24.4 Å². The second-order valence-corrected chi connectivity index (χ2v) is 7.66. The standard InChI is InChI=1S/C21H17F6N5O2/c22-20(23,24)13-9-14(21(25,26)27)11-15(10-13)29-19(33)32-7-4-12(5-8-32)18-30-17(31-34-18)16-3-1-2-6-28-16/h1-3,6,9-12H,4-5,7-8H2,(H,29,33). The highest BCUT2D eigenvalue weighted by Gasteiger charge is 2.37. The number of pyridine rings is 1. The molecule has 0 bridgehead atoms. The molecule has 7 nitrogen and oxygen atoms in total. The van der Waals surface area contributed by atoms with Gasteiger partial charge in [-0.05, 0) is 43.2 Å². The molecule has 1 aromatic carbocycles. The molecule has 0 spiro atoms. The third-order valence-electron chi connectivity index (χ3n) is 5.31. The topological polar surface area (TPSA) is 84.2 Å². The molecule has 1 N–H and O–H groups in total. The van der Waals surface area contributed by atoms with Crippen LogP contribution in [0.2, 0.25) is 0 Å². The van der Waals surface area contributed by atoms with Crippen LogP contribution in [0.25, 0.3) is 11.5 Å². The maximum absolute atomic E-state index is 13.0. The van der Waals surface area contributed by atoms with Gasteiger partial charge in [-0.1, -0.05) is 11.2 Å². The highest BCUT2D eigenvalue weighted by atomic mass is 19.4. The minimum atomic E-state index is -5.00. The summed E-state index contributed by atoms with van der Waals surface area (Å²) in [4.78, 5) is 22.3. The van der Waals surface area contributed by atoms with Gasteiger partial charge >= 0.3 is 18.4 Å². The van der Waals surface area contributed by atoms with Gasteiger partial charge in [-0.15, -0.1) is 0 Å². The molecule has 2 aromatic heterocycles. The van der Waals surface area contributed by atoms with Crippen molar-refractivity contribution in [1.82, 2.24) is 20.0 Å². The van der Waals surface area contributed by atoms with Crippen molar-refractivity contribution in [3.63, 3.8) is 0 Å². The molecule has 1 saturated heterocycles. The quantitative estimate of drug-likeness (QED) is 0.490. The summed E-state index contributed by atoms with van der Waals surface area (Å²) in [6, 6.07) is 5.39. The van der Waals surface area contributed by atoms with Crippen LogP contribution in [0.3, 0.4) is 0 Å². The Balaban J connectivity index is 1.41. The van der Waals surface area contributed by atoms with Crippen molar-refractivity contribution in [1.29, 1.82) is 0 Å². The number of halogens is 6. The van der Waals surface area contributed by atoms with E-state index in [1.165, 1.54) is 4.90 Å². The second kappa shape index (κ2) is 8.95. The fourth-order valence-electron chi connectivity index (χ4n) is 3.56. The minimum absolute atomic E-state index is 0.00473. The number of urea groups is 1. The van der Waals surface area contributed by atoms with Gasteiger partial charge in [-0.25, -0.2) is 4.79 Å². The number of carbonyl (C=O) groups is 1. The van der Waals surface area contributed by atoms with Crippen LogP contribution in [0.15, 0.2) is 47.1 Å². The van der Waals surface area contributed by atoms with E-state index in [4.69, 9.17) is 4.52 Å². The van der Waals surface area contributed by atoms with E-state index in [2.05, 4.69) is 20.4 Å². The van der Waals surface area contributed by atoms with Crippen LogP contribution in [0.5, 0.6) is 0 Å². The number of likely N-dealkylation sites (tertiary alicyclic amines) is 1. The Morgan fingerprint density at radius 3 is 2.21 bits per heavy atom. The fraction of sp³-hybridized carbons (Fsp3) is 0.333. The van der Waals surface area contributed by atoms with Gasteiger partial charge in [0.1, 0.15) is 5.69 Å². The monoisotopic (exact) mass is 485 g/mol. The number of amides is 2. The van der Waals surface area contributed by atoms with Gasteiger partial charge in [-0.2, -0.15) is 31.3 Å². The Bertz CT molecular complexity index is 1120. The number of carbonyl (C=O) groups excluding carboxylic acids is 1. The zero-order chi connectivity index (χ0) is 24.5. The van der Waals surface area contributed by atoms with Crippen LogP contribution >= 0.6 is 0 Å². The minimum Gasteiger partial charge on any atom is -0.339 e. The number of rotatable bonds is 3. The predicted molar refractivity (Wildman–Crippen MR) is 107 cm³/mol. The van der Waals surface area contributed by atoms with Crippen LogP contribution in [0, 0.1) is 0 Å². The highest BCUT2D eigenvalue weighted by Crippen LogP contribution is 2.37. The molecule has 3 heterocycles. The van der Waals surface area contributed by atoms with Crippen LogP contribution in [0.1, 0.15) is 35.8 Å². The molecule has 4 rings (SSSR count). The first-order valence-corrected chi connectivity index (χ1v) is 10.1. The molecule has 0 unspecified atom stereocenters. The van der Waals surface area contributed by atoms with Crippen molar-refractivity contribution >= 4 is 11.7 Å². The van der Waals surface area contributed by atoms with Crippen molar-refractivity contribution in [2.45, 2.75) is 31.1 Å². The number of nitrogens with one attached hydrogen (secondary N) is 1. The average Bonchev–Trinajstić information content (AvgIpc) is 3.29. The van der Waals surface area contributed by atoms with E-state index in [9.17, 15) is 31.1 Å². The van der Waals surface area contributed by atoms with E-state index < -0.39 is 35.2 Å². The number of piperidine rings is 1. The summed E-state index contributed by atoms with van der Waals surface area (Å²) in [7, 11) is 0. The van der Waals surface area contributed by atoms with Gasteiger partial charge in [0.05, 0.1) is 11.1 Å². The number of hydrogen-bond acceptors (Lipinski definition) is 5. The number of aromatic nitrogens is 3. The Morgan fingerprint density at radius 2 is 1.65 bits per heavy atom. The Labute approximate surface area is 188 Å². The summed E-state index contributed by atoms with van der Waals surface area (Å²) < 4.78 is 83.5. The molecule has 1 aliphatic rings. The van der Waals surface area contributed by atoms with E-state index in [0.29, 0.717) is 42.4 Å². The van der Waals surface area contributed by atoms with Crippen molar-refractivity contribution in [3.05, 3.63) is 59.6 Å². The van der Waals surface area contributed by atoms with Crippen molar-refractivity contribution in [3.8, 4) is 11.5 Å². The van der Waals surface area contributed by atoms with Gasteiger partial charge in [-0.3, -0.25) is 4.98 Å². The summed E-state index contributed by atoms with van der Waals surface area (Å²) in [6.45, 7) is 0.395. The molecule has 34 heavy (non-hydrogen) atoms. The maximum Gasteiger partial charge on any atom is 0.416 e. The first kappa shape index (κ1) is 23.5. The number of alkyl halides is 6. The lowest BCUT2D eigenvalue weighted by Gasteiger charge is -2.30. The van der Waals surface area contributed by atoms with Gasteiger partial charge in [0.15, 0.2) is 0 Å². The first-order chi connectivity index (χ1) is 16.0. The zero-order valence-corrected chi connectivity index (χ0v) is 17.3. The number of benzene rings is 1. The number of hydrogen-bond donors (Lipinski definition) is 1. The average molecular weight is 485 g/mol. The second-order valence-electron chi connectivity index (χ2n) is 7.66. The van der Waals surface area contributed by atoms with Crippen LogP contribution < -0.4 is 5.32 Å². The molecular weight excluding hydrogens is 468 g/mol. The maximum atomic E-state index is 13.0. The summed E-state index contributed by atoms with van der Waals surface area (Å²) in [5, 5.41) is 6.05. The van der Waals surface area contributed by atoms with E-state index in [1.807, 2.05) is 0 Å². The highest BCUT2D eigenvalue weighted by molar-refractivity contribution is 5.89. The lowest BCUT2D eigenvalue weighted by Crippen LogP contribution is -2.40. The summed E-state index contributed by atoms with van der Waals surface area (Å²) in [6.07, 6.45) is -7.57. The van der Waals surface area contributed by atoms with Gasteiger partial charge in [0.25, 0.3) is 0 Å². The molecular formula is C21H17F6N5O2. The Morgan fingerprint density at radius 1 is 1.00 bits per heavy atom. The predicted octanol–water partition coefficient (Wildman–Crippen LogP) is 5.58. The summed E-state index contributed by atoms with van der Waals surface area (Å²) >= 11 is 0. The molecule has 180 valence electrons. The van der Waals surface area contributed by atoms with Crippen LogP contribution in [0.4, 0.5) is 36.8 Å². The molecule has 0 aliphatic carbocycles. The van der Waals surface area contributed by atoms with Crippen molar-refractivity contribution in [2.75, 3.05) is 18.4 Å². The summed E-state index contributed by atoms with van der Waals surface area (Å²) in [5.41, 5.74) is -3.06. The Kier molecular flexibility index (Phi) is 6.19. The molecule has 0 radical (unpaired) electrons. The van der Waals surface area contributed by atoms with Gasteiger partial charge in [0.2, 0.25) is 11.7 Å². The fourth-order valence-corrected chi connectivity index (χ4v) is 3.56. The molecule has 0 saturated carbocycles. The van der Waals surface area contributed by atoms with Crippen molar-refractivity contribution < 1.29 is 35.7 Å².